The number of methoxy groups -OCH3 is 1. The fourth-order valence-corrected chi connectivity index (χ4v) is 3.74. The molecular formula is C24H30N2O3. The van der Waals surface area contributed by atoms with E-state index in [1.807, 2.05) is 60.4 Å². The van der Waals surface area contributed by atoms with Gasteiger partial charge in [-0.05, 0) is 55.0 Å². The SMILES string of the molecule is COc1ccc(CCNC(=O)C2CCN(C(=O)Cc3ccccc3C)CC2)cc1. The third kappa shape index (κ3) is 5.83. The standard InChI is InChI=1S/C24H30N2O3/c1-18-5-3-4-6-21(18)17-23(27)26-15-12-20(13-16-26)24(28)25-14-11-19-7-9-22(29-2)10-8-19/h3-10,20H,11-17H2,1-2H3,(H,25,28). The van der Waals surface area contributed by atoms with E-state index in [2.05, 4.69) is 5.32 Å². The minimum atomic E-state index is -0.00613. The Hall–Kier alpha value is -2.82. The van der Waals surface area contributed by atoms with E-state index >= 15 is 0 Å². The molecule has 1 fully saturated rings. The van der Waals surface area contributed by atoms with Gasteiger partial charge in [-0.2, -0.15) is 0 Å². The average Bonchev–Trinajstić information content (AvgIpc) is 2.76. The van der Waals surface area contributed by atoms with Gasteiger partial charge in [0.25, 0.3) is 0 Å². The molecule has 3 rings (SSSR count). The smallest absolute Gasteiger partial charge is 0.226 e. The fraction of sp³-hybridized carbons (Fsp3) is 0.417. The molecule has 0 radical (unpaired) electrons. The number of amides is 2. The van der Waals surface area contributed by atoms with Crippen molar-refractivity contribution >= 4 is 11.8 Å². The number of benzene rings is 2. The predicted octanol–water partition coefficient (Wildman–Crippen LogP) is 3.14. The zero-order chi connectivity index (χ0) is 20.6. The normalized spacial score (nSPS) is 14.5. The van der Waals surface area contributed by atoms with E-state index in [-0.39, 0.29) is 17.7 Å². The van der Waals surface area contributed by atoms with Crippen molar-refractivity contribution in [3.63, 3.8) is 0 Å². The largest absolute Gasteiger partial charge is 0.497 e. The second-order valence-corrected chi connectivity index (χ2v) is 7.65. The van der Waals surface area contributed by atoms with E-state index in [4.69, 9.17) is 4.74 Å². The topological polar surface area (TPSA) is 58.6 Å². The van der Waals surface area contributed by atoms with Crippen LogP contribution in [0.3, 0.4) is 0 Å². The van der Waals surface area contributed by atoms with E-state index < -0.39 is 0 Å². The summed E-state index contributed by atoms with van der Waals surface area (Å²) in [7, 11) is 1.65. The van der Waals surface area contributed by atoms with E-state index in [9.17, 15) is 9.59 Å². The summed E-state index contributed by atoms with van der Waals surface area (Å²) in [4.78, 5) is 27.0. The number of aryl methyl sites for hydroxylation is 1. The second kappa shape index (κ2) is 10.1. The van der Waals surface area contributed by atoms with E-state index in [0.29, 0.717) is 26.1 Å². The van der Waals surface area contributed by atoms with Crippen molar-refractivity contribution in [2.24, 2.45) is 5.92 Å². The Morgan fingerprint density at radius 2 is 1.76 bits per heavy atom. The zero-order valence-electron chi connectivity index (χ0n) is 17.3. The van der Waals surface area contributed by atoms with Crippen LogP contribution in [0.25, 0.3) is 0 Å². The summed E-state index contributed by atoms with van der Waals surface area (Å²) in [5.74, 6) is 1.08. The van der Waals surface area contributed by atoms with Gasteiger partial charge in [-0.25, -0.2) is 0 Å². The Bertz CT molecular complexity index is 824. The maximum Gasteiger partial charge on any atom is 0.226 e. The van der Waals surface area contributed by atoms with Crippen LogP contribution in [-0.2, 0) is 22.4 Å². The minimum absolute atomic E-state index is 0.00613. The zero-order valence-corrected chi connectivity index (χ0v) is 17.3. The number of nitrogens with zero attached hydrogens (tertiary/aromatic N) is 1. The van der Waals surface area contributed by atoms with E-state index in [0.717, 1.165) is 36.1 Å². The Labute approximate surface area is 173 Å². The molecule has 1 aliphatic heterocycles. The lowest BCUT2D eigenvalue weighted by Gasteiger charge is -2.31. The third-order valence-corrected chi connectivity index (χ3v) is 5.69. The molecule has 0 saturated carbocycles. The van der Waals surface area contributed by atoms with Crippen LogP contribution in [0.2, 0.25) is 0 Å². The lowest BCUT2D eigenvalue weighted by molar-refractivity contribution is -0.135. The Balaban J connectivity index is 1.39. The van der Waals surface area contributed by atoms with Gasteiger partial charge in [-0.1, -0.05) is 36.4 Å². The number of carbonyl (C=O) groups excluding carboxylic acids is 2. The predicted molar refractivity (Wildman–Crippen MR) is 114 cm³/mol. The molecule has 0 aliphatic carbocycles. The molecule has 2 aromatic rings. The first-order chi connectivity index (χ1) is 14.1. The average molecular weight is 395 g/mol. The van der Waals surface area contributed by atoms with Crippen LogP contribution >= 0.6 is 0 Å². The molecule has 1 saturated heterocycles. The van der Waals surface area contributed by atoms with Gasteiger partial charge >= 0.3 is 0 Å². The van der Waals surface area contributed by atoms with Crippen molar-refractivity contribution in [2.75, 3.05) is 26.7 Å². The first-order valence-corrected chi connectivity index (χ1v) is 10.3. The van der Waals surface area contributed by atoms with Gasteiger partial charge in [0.2, 0.25) is 11.8 Å². The molecular weight excluding hydrogens is 364 g/mol. The lowest BCUT2D eigenvalue weighted by Crippen LogP contribution is -2.43. The molecule has 0 bridgehead atoms. The molecule has 5 nitrogen and oxygen atoms in total. The van der Waals surface area contributed by atoms with Gasteiger partial charge in [-0.3, -0.25) is 9.59 Å². The maximum atomic E-state index is 12.6. The first kappa shape index (κ1) is 20.9. The molecule has 1 heterocycles. The maximum absolute atomic E-state index is 12.6. The Kier molecular flexibility index (Phi) is 7.28. The molecule has 2 aromatic carbocycles. The van der Waals surface area contributed by atoms with Gasteiger partial charge in [-0.15, -0.1) is 0 Å². The number of ether oxygens (including phenoxy) is 1. The highest BCUT2D eigenvalue weighted by Crippen LogP contribution is 2.19. The van der Waals surface area contributed by atoms with Gasteiger partial charge in [0.15, 0.2) is 0 Å². The monoisotopic (exact) mass is 394 g/mol. The van der Waals surface area contributed by atoms with Gasteiger partial charge in [0.1, 0.15) is 5.75 Å². The van der Waals surface area contributed by atoms with Crippen molar-refractivity contribution in [3.05, 3.63) is 65.2 Å². The van der Waals surface area contributed by atoms with Gasteiger partial charge in [0, 0.05) is 25.6 Å². The number of carbonyl (C=O) groups is 2. The van der Waals surface area contributed by atoms with Crippen LogP contribution in [0.5, 0.6) is 5.75 Å². The highest BCUT2D eigenvalue weighted by Gasteiger charge is 2.27. The molecule has 0 atom stereocenters. The van der Waals surface area contributed by atoms with E-state index in [1.54, 1.807) is 7.11 Å². The number of rotatable bonds is 7. The molecule has 1 N–H and O–H groups in total. The van der Waals surface area contributed by atoms with E-state index in [1.165, 1.54) is 5.56 Å². The summed E-state index contributed by atoms with van der Waals surface area (Å²) in [6, 6.07) is 15.9. The van der Waals surface area contributed by atoms with Crippen LogP contribution < -0.4 is 10.1 Å². The molecule has 0 unspecified atom stereocenters. The Morgan fingerprint density at radius 3 is 2.41 bits per heavy atom. The summed E-state index contributed by atoms with van der Waals surface area (Å²) in [6.45, 7) is 3.96. The molecule has 0 aromatic heterocycles. The quantitative estimate of drug-likeness (QED) is 0.785. The van der Waals surface area contributed by atoms with Crippen molar-refractivity contribution in [1.82, 2.24) is 10.2 Å². The summed E-state index contributed by atoms with van der Waals surface area (Å²) in [5, 5.41) is 3.05. The first-order valence-electron chi connectivity index (χ1n) is 10.3. The number of likely N-dealkylation sites (tertiary alicyclic amines) is 1. The number of hydrogen-bond donors (Lipinski definition) is 1. The highest BCUT2D eigenvalue weighted by molar-refractivity contribution is 5.81. The molecule has 2 amide bonds. The number of hydrogen-bond acceptors (Lipinski definition) is 3. The van der Waals surface area contributed by atoms with Gasteiger partial charge in [0.05, 0.1) is 13.5 Å². The van der Waals surface area contributed by atoms with Crippen LogP contribution in [0.4, 0.5) is 0 Å². The fourth-order valence-electron chi connectivity index (χ4n) is 3.74. The van der Waals surface area contributed by atoms with Crippen molar-refractivity contribution < 1.29 is 14.3 Å². The Morgan fingerprint density at radius 1 is 1.07 bits per heavy atom. The van der Waals surface area contributed by atoms with Crippen LogP contribution in [0.1, 0.15) is 29.5 Å². The number of nitrogens with one attached hydrogen (secondary N) is 1. The molecule has 5 heteroatoms. The summed E-state index contributed by atoms with van der Waals surface area (Å²) in [6.07, 6.45) is 2.69. The van der Waals surface area contributed by atoms with Crippen LogP contribution in [0.15, 0.2) is 48.5 Å². The molecule has 29 heavy (non-hydrogen) atoms. The highest BCUT2D eigenvalue weighted by atomic mass is 16.5. The second-order valence-electron chi connectivity index (χ2n) is 7.65. The lowest BCUT2D eigenvalue weighted by atomic mass is 9.95. The number of piperidine rings is 1. The summed E-state index contributed by atoms with van der Waals surface area (Å²) >= 11 is 0. The molecule has 1 aliphatic rings. The van der Waals surface area contributed by atoms with Crippen LogP contribution in [-0.4, -0.2) is 43.5 Å². The third-order valence-electron chi connectivity index (χ3n) is 5.69. The van der Waals surface area contributed by atoms with Crippen molar-refractivity contribution in [2.45, 2.75) is 32.6 Å². The molecule has 0 spiro atoms. The van der Waals surface area contributed by atoms with Crippen LogP contribution in [0, 0.1) is 12.8 Å². The minimum Gasteiger partial charge on any atom is -0.497 e. The van der Waals surface area contributed by atoms with Crippen molar-refractivity contribution in [1.29, 1.82) is 0 Å². The van der Waals surface area contributed by atoms with Gasteiger partial charge < -0.3 is 15.0 Å². The summed E-state index contributed by atoms with van der Waals surface area (Å²) < 4.78 is 5.16. The summed E-state index contributed by atoms with van der Waals surface area (Å²) in [5.41, 5.74) is 3.39. The molecule has 154 valence electrons. The van der Waals surface area contributed by atoms with Crippen molar-refractivity contribution in [3.8, 4) is 5.75 Å².